The van der Waals surface area contributed by atoms with E-state index < -0.39 is 0 Å². The van der Waals surface area contributed by atoms with Gasteiger partial charge in [0.15, 0.2) is 0 Å². The molecule has 4 aliphatic rings. The van der Waals surface area contributed by atoms with Crippen LogP contribution in [0.15, 0.2) is 11.6 Å². The Bertz CT molecular complexity index is 480. The van der Waals surface area contributed by atoms with Crippen LogP contribution in [0, 0.1) is 34.5 Å². The molecule has 0 aromatic heterocycles. The number of aliphatic hydroxyl groups excluding tert-OH is 1. The third-order valence-corrected chi connectivity index (χ3v) is 8.72. The Balaban J connectivity index is 1.69. The third-order valence-electron chi connectivity index (χ3n) is 8.72. The minimum absolute atomic E-state index is 0.144. The van der Waals surface area contributed by atoms with Crippen LogP contribution >= 0.6 is 0 Å². The summed E-state index contributed by atoms with van der Waals surface area (Å²) in [5.41, 5.74) is 2.31. The van der Waals surface area contributed by atoms with Crippen molar-refractivity contribution in [2.24, 2.45) is 34.5 Å². The molecule has 22 heavy (non-hydrogen) atoms. The first-order valence-corrected chi connectivity index (χ1v) is 9.89. The first-order valence-electron chi connectivity index (χ1n) is 9.89. The Morgan fingerprint density at radius 2 is 1.95 bits per heavy atom. The molecule has 0 spiro atoms. The number of rotatable bonds is 1. The van der Waals surface area contributed by atoms with Crippen LogP contribution in [0.5, 0.6) is 0 Å². The molecule has 0 heterocycles. The van der Waals surface area contributed by atoms with E-state index in [4.69, 9.17) is 0 Å². The van der Waals surface area contributed by atoms with Crippen LogP contribution in [0.2, 0.25) is 0 Å². The van der Waals surface area contributed by atoms with E-state index >= 15 is 0 Å². The number of aliphatic hydroxyl groups is 1. The first-order chi connectivity index (χ1) is 10.5. The Hall–Kier alpha value is -0.300. The van der Waals surface area contributed by atoms with Gasteiger partial charge in [0.25, 0.3) is 0 Å². The van der Waals surface area contributed by atoms with Crippen molar-refractivity contribution < 1.29 is 5.11 Å². The number of hydrogen-bond acceptors (Lipinski definition) is 1. The molecule has 4 rings (SSSR count). The molecule has 0 amide bonds. The van der Waals surface area contributed by atoms with E-state index in [-0.39, 0.29) is 6.10 Å². The number of allylic oxidation sites excluding steroid dienone is 1. The van der Waals surface area contributed by atoms with Crippen molar-refractivity contribution in [2.75, 3.05) is 0 Å². The molecule has 0 saturated heterocycles. The summed E-state index contributed by atoms with van der Waals surface area (Å²) in [6, 6.07) is 0. The van der Waals surface area contributed by atoms with Gasteiger partial charge in [0.1, 0.15) is 0 Å². The van der Waals surface area contributed by atoms with Gasteiger partial charge in [-0.05, 0) is 91.4 Å². The van der Waals surface area contributed by atoms with E-state index in [9.17, 15) is 5.11 Å². The standard InChI is InChI=1S/C21H34O/c1-4-14-8-9-16-15-13-19(22)18-7-5-6-11-21(18,3)17(15)10-12-20(14,16)2/h7,14-17,19,22H,4-6,8-13H2,1-3H3/t14-,15-,16-,17-,19+,20+,21+/m0/s1. The van der Waals surface area contributed by atoms with E-state index in [0.717, 1.165) is 30.1 Å². The minimum Gasteiger partial charge on any atom is -0.389 e. The summed E-state index contributed by atoms with van der Waals surface area (Å²) in [7, 11) is 0. The van der Waals surface area contributed by atoms with Crippen molar-refractivity contribution in [3.8, 4) is 0 Å². The molecule has 0 bridgehead atoms. The zero-order valence-electron chi connectivity index (χ0n) is 14.8. The van der Waals surface area contributed by atoms with Crippen LogP contribution in [-0.2, 0) is 0 Å². The normalized spacial score (nSPS) is 54.2. The zero-order valence-corrected chi connectivity index (χ0v) is 14.8. The van der Waals surface area contributed by atoms with Gasteiger partial charge in [-0.1, -0.05) is 33.3 Å². The maximum Gasteiger partial charge on any atom is 0.0758 e. The van der Waals surface area contributed by atoms with E-state index in [1.165, 1.54) is 56.9 Å². The van der Waals surface area contributed by atoms with Gasteiger partial charge in [-0.25, -0.2) is 0 Å². The molecular weight excluding hydrogens is 268 g/mol. The highest BCUT2D eigenvalue weighted by atomic mass is 16.3. The Kier molecular flexibility index (Phi) is 3.53. The minimum atomic E-state index is -0.144. The second kappa shape index (κ2) is 5.10. The lowest BCUT2D eigenvalue weighted by atomic mass is 9.46. The van der Waals surface area contributed by atoms with Crippen molar-refractivity contribution >= 4 is 0 Å². The van der Waals surface area contributed by atoms with Gasteiger partial charge in [0.05, 0.1) is 6.10 Å². The molecule has 1 heteroatoms. The molecule has 0 radical (unpaired) electrons. The van der Waals surface area contributed by atoms with E-state index in [2.05, 4.69) is 26.8 Å². The maximum atomic E-state index is 10.9. The fraction of sp³-hybridized carbons (Fsp3) is 0.905. The molecule has 3 saturated carbocycles. The Morgan fingerprint density at radius 1 is 1.14 bits per heavy atom. The van der Waals surface area contributed by atoms with Crippen molar-refractivity contribution in [3.63, 3.8) is 0 Å². The van der Waals surface area contributed by atoms with Crippen LogP contribution in [0.25, 0.3) is 0 Å². The maximum absolute atomic E-state index is 10.9. The highest BCUT2D eigenvalue weighted by molar-refractivity contribution is 5.27. The monoisotopic (exact) mass is 302 g/mol. The van der Waals surface area contributed by atoms with Crippen molar-refractivity contribution in [1.82, 2.24) is 0 Å². The zero-order chi connectivity index (χ0) is 15.5. The predicted octanol–water partition coefficient (Wildman–Crippen LogP) is 5.34. The fourth-order valence-corrected chi connectivity index (χ4v) is 7.59. The molecule has 124 valence electrons. The molecule has 3 fully saturated rings. The van der Waals surface area contributed by atoms with Crippen LogP contribution in [-0.4, -0.2) is 11.2 Å². The second-order valence-electron chi connectivity index (χ2n) is 9.32. The predicted molar refractivity (Wildman–Crippen MR) is 91.5 cm³/mol. The van der Waals surface area contributed by atoms with E-state index in [1.54, 1.807) is 0 Å². The average molecular weight is 303 g/mol. The van der Waals surface area contributed by atoms with Crippen molar-refractivity contribution in [3.05, 3.63) is 11.6 Å². The van der Waals surface area contributed by atoms with Crippen LogP contribution < -0.4 is 0 Å². The van der Waals surface area contributed by atoms with Gasteiger partial charge in [0.2, 0.25) is 0 Å². The lowest BCUT2D eigenvalue weighted by Gasteiger charge is -2.59. The Morgan fingerprint density at radius 3 is 2.73 bits per heavy atom. The highest BCUT2D eigenvalue weighted by Gasteiger charge is 2.59. The first kappa shape index (κ1) is 15.2. The fourth-order valence-electron chi connectivity index (χ4n) is 7.59. The van der Waals surface area contributed by atoms with E-state index in [1.807, 2.05) is 0 Å². The van der Waals surface area contributed by atoms with Crippen LogP contribution in [0.4, 0.5) is 0 Å². The third kappa shape index (κ3) is 1.87. The summed E-state index contributed by atoms with van der Waals surface area (Å²) in [4.78, 5) is 0. The van der Waals surface area contributed by atoms with Gasteiger partial charge < -0.3 is 5.11 Å². The number of fused-ring (bicyclic) bond motifs is 5. The smallest absolute Gasteiger partial charge is 0.0758 e. The van der Waals surface area contributed by atoms with E-state index in [0.29, 0.717) is 10.8 Å². The molecule has 0 aromatic carbocycles. The lowest BCUT2D eigenvalue weighted by Crippen LogP contribution is -2.53. The largest absolute Gasteiger partial charge is 0.389 e. The van der Waals surface area contributed by atoms with Gasteiger partial charge in [0, 0.05) is 0 Å². The lowest BCUT2D eigenvalue weighted by molar-refractivity contribution is -0.0786. The quantitative estimate of drug-likeness (QED) is 0.648. The molecular formula is C21H34O. The molecule has 7 atom stereocenters. The van der Waals surface area contributed by atoms with Crippen molar-refractivity contribution in [2.45, 2.75) is 84.7 Å². The van der Waals surface area contributed by atoms with Gasteiger partial charge >= 0.3 is 0 Å². The SMILES string of the molecule is CC[C@H]1CC[C@H]2[C@@H]3C[C@@H](O)C4=CCCC[C@]4(C)[C@H]3CC[C@]12C. The molecule has 1 nitrogen and oxygen atoms in total. The van der Waals surface area contributed by atoms with Crippen molar-refractivity contribution in [1.29, 1.82) is 0 Å². The summed E-state index contributed by atoms with van der Waals surface area (Å²) in [6.45, 7) is 7.48. The average Bonchev–Trinajstić information content (AvgIpc) is 2.84. The molecule has 1 N–H and O–H groups in total. The van der Waals surface area contributed by atoms with Crippen LogP contribution in [0.1, 0.15) is 78.6 Å². The summed E-state index contributed by atoms with van der Waals surface area (Å²) in [6.07, 6.45) is 14.2. The number of hydrogen-bond donors (Lipinski definition) is 1. The van der Waals surface area contributed by atoms with Gasteiger partial charge in [-0.3, -0.25) is 0 Å². The van der Waals surface area contributed by atoms with Crippen LogP contribution in [0.3, 0.4) is 0 Å². The molecule has 4 aliphatic carbocycles. The summed E-state index contributed by atoms with van der Waals surface area (Å²) < 4.78 is 0. The molecule has 0 unspecified atom stereocenters. The van der Waals surface area contributed by atoms with Gasteiger partial charge in [-0.15, -0.1) is 0 Å². The van der Waals surface area contributed by atoms with Gasteiger partial charge in [-0.2, -0.15) is 0 Å². The Labute approximate surface area is 136 Å². The molecule has 0 aliphatic heterocycles. The molecule has 0 aromatic rings. The topological polar surface area (TPSA) is 20.2 Å². The summed E-state index contributed by atoms with van der Waals surface area (Å²) >= 11 is 0. The highest BCUT2D eigenvalue weighted by Crippen LogP contribution is 2.67. The summed E-state index contributed by atoms with van der Waals surface area (Å²) in [5.74, 6) is 3.44. The summed E-state index contributed by atoms with van der Waals surface area (Å²) in [5, 5.41) is 10.9. The second-order valence-corrected chi connectivity index (χ2v) is 9.32.